The van der Waals surface area contributed by atoms with Crippen molar-refractivity contribution < 1.29 is 14.4 Å². The van der Waals surface area contributed by atoms with Crippen molar-refractivity contribution in [3.63, 3.8) is 0 Å². The second-order valence-corrected chi connectivity index (χ2v) is 3.20. The van der Waals surface area contributed by atoms with Gasteiger partial charge >= 0.3 is 6.03 Å². The van der Waals surface area contributed by atoms with E-state index in [-0.39, 0.29) is 5.88 Å². The molecule has 2 atom stereocenters. The monoisotopic (exact) mass is 219 g/mol. The summed E-state index contributed by atoms with van der Waals surface area (Å²) in [6.45, 7) is 1.62. The van der Waals surface area contributed by atoms with Gasteiger partial charge in [0, 0.05) is 0 Å². The summed E-state index contributed by atoms with van der Waals surface area (Å²) in [7, 11) is 0. The minimum Gasteiger partial charge on any atom is -0.341 e. The van der Waals surface area contributed by atoms with Crippen LogP contribution in [0.4, 0.5) is 4.79 Å². The Morgan fingerprint density at radius 2 is 2.21 bits per heavy atom. The molecular formula is C7H10ClN3O3. The molecule has 0 spiro atoms. The van der Waals surface area contributed by atoms with Crippen LogP contribution < -0.4 is 16.0 Å². The number of amides is 4. The Bertz CT molecular complexity index is 281. The molecule has 4 amide bonds. The zero-order valence-electron chi connectivity index (χ0n) is 7.46. The summed E-state index contributed by atoms with van der Waals surface area (Å²) in [6.07, 6.45) is 0. The Hall–Kier alpha value is -1.30. The van der Waals surface area contributed by atoms with Crippen molar-refractivity contribution in [3.8, 4) is 0 Å². The van der Waals surface area contributed by atoms with Crippen LogP contribution in [0.5, 0.6) is 0 Å². The van der Waals surface area contributed by atoms with Gasteiger partial charge in [-0.15, -0.1) is 11.6 Å². The molecule has 7 heteroatoms. The van der Waals surface area contributed by atoms with Crippen LogP contribution in [0, 0.1) is 0 Å². The molecule has 0 aliphatic carbocycles. The van der Waals surface area contributed by atoms with Crippen molar-refractivity contribution in [3.05, 3.63) is 0 Å². The molecule has 1 fully saturated rings. The van der Waals surface area contributed by atoms with Crippen LogP contribution in [0.25, 0.3) is 0 Å². The second-order valence-electron chi connectivity index (χ2n) is 2.93. The number of hydrogen-bond donors (Lipinski definition) is 3. The normalized spacial score (nSPS) is 26.4. The van der Waals surface area contributed by atoms with Gasteiger partial charge in [-0.05, 0) is 6.92 Å². The quantitative estimate of drug-likeness (QED) is 0.518. The summed E-state index contributed by atoms with van der Waals surface area (Å²) >= 11 is 5.26. The van der Waals surface area contributed by atoms with E-state index in [0.29, 0.717) is 0 Å². The number of alkyl halides is 1. The zero-order valence-corrected chi connectivity index (χ0v) is 8.22. The van der Waals surface area contributed by atoms with Crippen LogP contribution in [0.2, 0.25) is 0 Å². The van der Waals surface area contributed by atoms with E-state index < -0.39 is 29.9 Å². The molecule has 78 valence electrons. The van der Waals surface area contributed by atoms with Gasteiger partial charge in [-0.2, -0.15) is 0 Å². The maximum atomic E-state index is 11.2. The highest BCUT2D eigenvalue weighted by atomic mass is 35.5. The van der Waals surface area contributed by atoms with Crippen molar-refractivity contribution >= 4 is 29.4 Å². The van der Waals surface area contributed by atoms with E-state index >= 15 is 0 Å². The average molecular weight is 220 g/mol. The van der Waals surface area contributed by atoms with Crippen molar-refractivity contribution in [2.45, 2.75) is 19.0 Å². The fraction of sp³-hybridized carbons (Fsp3) is 0.571. The second kappa shape index (κ2) is 4.28. The zero-order chi connectivity index (χ0) is 10.7. The van der Waals surface area contributed by atoms with Crippen molar-refractivity contribution in [1.82, 2.24) is 16.0 Å². The van der Waals surface area contributed by atoms with Gasteiger partial charge in [0.25, 0.3) is 5.91 Å². The standard InChI is InChI=1S/C7H10ClN3O3/c1-3-5(10-4(12)2-8)6(13)11-7(14)9-3/h3,5H,2H2,1H3,(H,10,12)(H2,9,11,13,14). The van der Waals surface area contributed by atoms with Crippen molar-refractivity contribution in [2.75, 3.05) is 5.88 Å². The molecule has 1 aliphatic rings. The number of urea groups is 1. The molecule has 1 heterocycles. The molecule has 0 aromatic heterocycles. The number of rotatable bonds is 2. The van der Waals surface area contributed by atoms with Crippen molar-refractivity contribution in [2.24, 2.45) is 0 Å². The summed E-state index contributed by atoms with van der Waals surface area (Å²) in [5, 5.41) is 6.89. The van der Waals surface area contributed by atoms with Gasteiger partial charge in [0.05, 0.1) is 6.04 Å². The fourth-order valence-corrected chi connectivity index (χ4v) is 1.22. The van der Waals surface area contributed by atoms with E-state index in [4.69, 9.17) is 11.6 Å². The molecule has 0 aromatic rings. The summed E-state index contributed by atoms with van der Waals surface area (Å²) in [5.41, 5.74) is 0. The van der Waals surface area contributed by atoms with E-state index in [0.717, 1.165) is 0 Å². The smallest absolute Gasteiger partial charge is 0.321 e. The number of hydrogen-bond acceptors (Lipinski definition) is 3. The van der Waals surface area contributed by atoms with E-state index in [1.54, 1.807) is 6.92 Å². The molecule has 3 N–H and O–H groups in total. The van der Waals surface area contributed by atoms with Gasteiger partial charge in [-0.25, -0.2) is 4.79 Å². The largest absolute Gasteiger partial charge is 0.341 e. The van der Waals surface area contributed by atoms with Gasteiger partial charge in [0.15, 0.2) is 0 Å². The maximum absolute atomic E-state index is 11.2. The highest BCUT2D eigenvalue weighted by Gasteiger charge is 2.33. The minimum absolute atomic E-state index is 0.218. The number of nitrogens with one attached hydrogen (secondary N) is 3. The molecule has 0 bridgehead atoms. The third-order valence-electron chi connectivity index (χ3n) is 1.82. The first-order chi connectivity index (χ1) is 6.54. The SMILES string of the molecule is CC1NC(=O)NC(=O)C1NC(=O)CCl. The topological polar surface area (TPSA) is 87.3 Å². The van der Waals surface area contributed by atoms with Gasteiger partial charge in [0.1, 0.15) is 11.9 Å². The Morgan fingerprint density at radius 1 is 1.57 bits per heavy atom. The molecule has 1 saturated heterocycles. The molecule has 0 radical (unpaired) electrons. The minimum atomic E-state index is -0.765. The maximum Gasteiger partial charge on any atom is 0.321 e. The molecule has 1 aliphatic heterocycles. The third-order valence-corrected chi connectivity index (χ3v) is 2.06. The van der Waals surface area contributed by atoms with Gasteiger partial charge in [-0.1, -0.05) is 0 Å². The molecular weight excluding hydrogens is 210 g/mol. The average Bonchev–Trinajstić information content (AvgIpc) is 2.10. The lowest BCUT2D eigenvalue weighted by Gasteiger charge is -2.28. The van der Waals surface area contributed by atoms with E-state index in [9.17, 15) is 14.4 Å². The van der Waals surface area contributed by atoms with Crippen LogP contribution in [0.15, 0.2) is 0 Å². The van der Waals surface area contributed by atoms with Gasteiger partial charge < -0.3 is 10.6 Å². The van der Waals surface area contributed by atoms with E-state index in [1.165, 1.54) is 0 Å². The lowest BCUT2D eigenvalue weighted by Crippen LogP contribution is -2.65. The molecule has 0 aromatic carbocycles. The van der Waals surface area contributed by atoms with Crippen molar-refractivity contribution in [1.29, 1.82) is 0 Å². The predicted molar refractivity (Wildman–Crippen MR) is 48.8 cm³/mol. The molecule has 2 unspecified atom stereocenters. The first-order valence-corrected chi connectivity index (χ1v) is 4.54. The van der Waals surface area contributed by atoms with Crippen LogP contribution in [0.1, 0.15) is 6.92 Å². The third kappa shape index (κ3) is 2.35. The lowest BCUT2D eigenvalue weighted by molar-refractivity contribution is -0.128. The van der Waals surface area contributed by atoms with Crippen LogP contribution in [-0.2, 0) is 9.59 Å². The summed E-state index contributed by atoms with van der Waals surface area (Å²) in [4.78, 5) is 33.0. The molecule has 1 rings (SSSR count). The fourth-order valence-electron chi connectivity index (χ4n) is 1.15. The Kier molecular flexibility index (Phi) is 3.29. The number of imide groups is 1. The molecule has 14 heavy (non-hydrogen) atoms. The summed E-state index contributed by atoms with van der Waals surface area (Å²) in [6, 6.07) is -1.76. The van der Waals surface area contributed by atoms with Crippen LogP contribution >= 0.6 is 11.6 Å². The summed E-state index contributed by atoms with van der Waals surface area (Å²) in [5.74, 6) is -1.20. The van der Waals surface area contributed by atoms with Crippen LogP contribution in [0.3, 0.4) is 0 Å². The Balaban J connectivity index is 2.63. The summed E-state index contributed by atoms with van der Waals surface area (Å²) < 4.78 is 0. The number of carbonyl (C=O) groups excluding carboxylic acids is 3. The highest BCUT2D eigenvalue weighted by Crippen LogP contribution is 1.99. The highest BCUT2D eigenvalue weighted by molar-refractivity contribution is 6.27. The predicted octanol–water partition coefficient (Wildman–Crippen LogP) is -1.06. The number of halogens is 1. The Labute approximate surface area is 85.4 Å². The van der Waals surface area contributed by atoms with Crippen LogP contribution in [-0.4, -0.2) is 35.8 Å². The van der Waals surface area contributed by atoms with E-state index in [2.05, 4.69) is 10.6 Å². The first kappa shape index (κ1) is 10.8. The van der Waals surface area contributed by atoms with E-state index in [1.807, 2.05) is 5.32 Å². The molecule has 6 nitrogen and oxygen atoms in total. The first-order valence-electron chi connectivity index (χ1n) is 4.01. The van der Waals surface area contributed by atoms with Gasteiger partial charge in [-0.3, -0.25) is 14.9 Å². The number of carbonyl (C=O) groups is 3. The molecule has 0 saturated carbocycles. The van der Waals surface area contributed by atoms with Gasteiger partial charge in [0.2, 0.25) is 5.91 Å². The Morgan fingerprint density at radius 3 is 2.71 bits per heavy atom. The lowest BCUT2D eigenvalue weighted by atomic mass is 10.1.